The van der Waals surface area contributed by atoms with Gasteiger partial charge in [-0.2, -0.15) is 5.10 Å². The van der Waals surface area contributed by atoms with Gasteiger partial charge in [0.1, 0.15) is 17.2 Å². The Balaban J connectivity index is 1.62. The zero-order chi connectivity index (χ0) is 20.0. The molecule has 0 bridgehead atoms. The van der Waals surface area contributed by atoms with Gasteiger partial charge in [0.25, 0.3) is 0 Å². The van der Waals surface area contributed by atoms with Crippen molar-refractivity contribution in [1.29, 1.82) is 0 Å². The SMILES string of the molecule is COc1ccc(O)c(C2=NN3C(C2)c2cc(Cl)ccc2OC3c2cccnc2)c1. The van der Waals surface area contributed by atoms with Gasteiger partial charge in [-0.15, -0.1) is 0 Å². The Bertz CT molecular complexity index is 1100. The lowest BCUT2D eigenvalue weighted by atomic mass is 9.95. The van der Waals surface area contributed by atoms with Crippen molar-refractivity contribution in [3.63, 3.8) is 0 Å². The molecule has 5 rings (SSSR count). The van der Waals surface area contributed by atoms with Crippen molar-refractivity contribution in [2.45, 2.75) is 18.7 Å². The maximum absolute atomic E-state index is 10.4. The van der Waals surface area contributed by atoms with Gasteiger partial charge in [-0.3, -0.25) is 4.98 Å². The van der Waals surface area contributed by atoms with Gasteiger partial charge in [-0.05, 0) is 42.5 Å². The van der Waals surface area contributed by atoms with E-state index in [1.165, 1.54) is 0 Å². The van der Waals surface area contributed by atoms with Crippen LogP contribution in [0.3, 0.4) is 0 Å². The normalized spacial score (nSPS) is 19.8. The molecule has 1 N–H and O–H groups in total. The molecule has 0 saturated carbocycles. The van der Waals surface area contributed by atoms with Crippen molar-refractivity contribution in [3.8, 4) is 17.2 Å². The first-order valence-electron chi connectivity index (χ1n) is 9.23. The second-order valence-corrected chi connectivity index (χ2v) is 7.40. The molecule has 3 heterocycles. The Morgan fingerprint density at radius 2 is 2.10 bits per heavy atom. The summed E-state index contributed by atoms with van der Waals surface area (Å²) < 4.78 is 11.6. The molecule has 2 aliphatic heterocycles. The van der Waals surface area contributed by atoms with Gasteiger partial charge in [-0.1, -0.05) is 17.7 Å². The van der Waals surface area contributed by atoms with E-state index in [1.54, 1.807) is 37.7 Å². The number of hydrogen-bond donors (Lipinski definition) is 1. The average Bonchev–Trinajstić information content (AvgIpc) is 3.20. The topological polar surface area (TPSA) is 67.2 Å². The predicted molar refractivity (Wildman–Crippen MR) is 109 cm³/mol. The van der Waals surface area contributed by atoms with Crippen molar-refractivity contribution in [3.05, 3.63) is 82.6 Å². The molecular formula is C22H18ClN3O3. The van der Waals surface area contributed by atoms with E-state index in [4.69, 9.17) is 26.2 Å². The smallest absolute Gasteiger partial charge is 0.215 e. The zero-order valence-electron chi connectivity index (χ0n) is 15.6. The lowest BCUT2D eigenvalue weighted by Crippen LogP contribution is -2.33. The van der Waals surface area contributed by atoms with E-state index in [2.05, 4.69) is 4.98 Å². The summed E-state index contributed by atoms with van der Waals surface area (Å²) in [6.07, 6.45) is 3.69. The van der Waals surface area contributed by atoms with Crippen LogP contribution < -0.4 is 9.47 Å². The van der Waals surface area contributed by atoms with Crippen molar-refractivity contribution in [2.24, 2.45) is 5.10 Å². The minimum atomic E-state index is -0.423. The molecule has 0 fully saturated rings. The van der Waals surface area contributed by atoms with E-state index < -0.39 is 6.23 Å². The number of phenolic OH excluding ortho intramolecular Hbond substituents is 1. The highest BCUT2D eigenvalue weighted by atomic mass is 35.5. The number of hydrazone groups is 1. The Hall–Kier alpha value is -3.25. The van der Waals surface area contributed by atoms with Gasteiger partial charge in [-0.25, -0.2) is 5.01 Å². The summed E-state index contributed by atoms with van der Waals surface area (Å²) >= 11 is 6.26. The number of pyridine rings is 1. The van der Waals surface area contributed by atoms with Crippen molar-refractivity contribution < 1.29 is 14.6 Å². The maximum atomic E-state index is 10.4. The molecule has 2 unspecified atom stereocenters. The lowest BCUT2D eigenvalue weighted by molar-refractivity contribution is -0.0192. The van der Waals surface area contributed by atoms with Crippen molar-refractivity contribution in [2.75, 3.05) is 7.11 Å². The number of phenols is 1. The minimum Gasteiger partial charge on any atom is -0.507 e. The maximum Gasteiger partial charge on any atom is 0.215 e. The average molecular weight is 408 g/mol. The molecule has 7 heteroatoms. The highest BCUT2D eigenvalue weighted by Crippen LogP contribution is 2.48. The molecule has 2 aromatic carbocycles. The van der Waals surface area contributed by atoms with Crippen molar-refractivity contribution >= 4 is 17.3 Å². The first-order valence-corrected chi connectivity index (χ1v) is 9.61. The van der Waals surface area contributed by atoms with Crippen LogP contribution in [0.2, 0.25) is 5.02 Å². The van der Waals surface area contributed by atoms with Gasteiger partial charge >= 0.3 is 0 Å². The molecule has 0 amide bonds. The summed E-state index contributed by atoms with van der Waals surface area (Å²) in [6, 6.07) is 14.5. The lowest BCUT2D eigenvalue weighted by Gasteiger charge is -2.38. The van der Waals surface area contributed by atoms with Crippen LogP contribution >= 0.6 is 11.6 Å². The summed E-state index contributed by atoms with van der Waals surface area (Å²) in [5.74, 6) is 1.60. The number of aromatic nitrogens is 1. The van der Waals surface area contributed by atoms with Crippen LogP contribution in [-0.2, 0) is 0 Å². The first-order chi connectivity index (χ1) is 14.1. The molecule has 1 aromatic heterocycles. The van der Waals surface area contributed by atoms with E-state index in [1.807, 2.05) is 35.3 Å². The van der Waals surface area contributed by atoms with Crippen LogP contribution in [0.15, 0.2) is 66.0 Å². The largest absolute Gasteiger partial charge is 0.507 e. The third-order valence-corrected chi connectivity index (χ3v) is 5.47. The number of benzene rings is 2. The third kappa shape index (κ3) is 3.06. The molecule has 0 radical (unpaired) electrons. The number of methoxy groups -OCH3 is 1. The van der Waals surface area contributed by atoms with E-state index in [9.17, 15) is 5.11 Å². The molecule has 0 saturated heterocycles. The van der Waals surface area contributed by atoms with Crippen LogP contribution in [0.5, 0.6) is 17.2 Å². The standard InChI is InChI=1S/C22H18ClN3O3/c1-28-15-5-6-20(27)16(10-15)18-11-19-17-9-14(23)4-7-21(17)29-22(26(19)25-18)13-3-2-8-24-12-13/h2-10,12,19,22,27H,11H2,1H3. The molecule has 29 heavy (non-hydrogen) atoms. The number of nitrogens with zero attached hydrogens (tertiary/aromatic N) is 3. The molecule has 146 valence electrons. The number of fused-ring (bicyclic) bond motifs is 3. The summed E-state index contributed by atoms with van der Waals surface area (Å²) in [5, 5.41) is 17.8. The van der Waals surface area contributed by atoms with Gasteiger partial charge in [0.15, 0.2) is 0 Å². The van der Waals surface area contributed by atoms with E-state index >= 15 is 0 Å². The highest BCUT2D eigenvalue weighted by Gasteiger charge is 2.41. The zero-order valence-corrected chi connectivity index (χ0v) is 16.4. The molecule has 6 nitrogen and oxygen atoms in total. The first kappa shape index (κ1) is 17.8. The highest BCUT2D eigenvalue weighted by molar-refractivity contribution is 6.30. The fraction of sp³-hybridized carbons (Fsp3) is 0.182. The summed E-state index contributed by atoms with van der Waals surface area (Å²) in [5.41, 5.74) is 3.28. The molecule has 0 spiro atoms. The third-order valence-electron chi connectivity index (χ3n) is 5.24. The summed E-state index contributed by atoms with van der Waals surface area (Å²) in [6.45, 7) is 0. The molecule has 0 aliphatic carbocycles. The Morgan fingerprint density at radius 1 is 1.21 bits per heavy atom. The van der Waals surface area contributed by atoms with Gasteiger partial charge < -0.3 is 14.6 Å². The van der Waals surface area contributed by atoms with Gasteiger partial charge in [0, 0.05) is 40.5 Å². The predicted octanol–water partition coefficient (Wildman–Crippen LogP) is 4.69. The molecule has 2 aliphatic rings. The second-order valence-electron chi connectivity index (χ2n) is 6.97. The quantitative estimate of drug-likeness (QED) is 0.682. The van der Waals surface area contributed by atoms with E-state index in [-0.39, 0.29) is 11.8 Å². The number of halogens is 1. The molecular weight excluding hydrogens is 390 g/mol. The Labute approximate surface area is 173 Å². The van der Waals surface area contributed by atoms with Gasteiger partial charge in [0.05, 0.1) is 18.9 Å². The van der Waals surface area contributed by atoms with Crippen LogP contribution in [0, 0.1) is 0 Å². The fourth-order valence-electron chi connectivity index (χ4n) is 3.84. The van der Waals surface area contributed by atoms with Crippen LogP contribution in [0.25, 0.3) is 0 Å². The van der Waals surface area contributed by atoms with Gasteiger partial charge in [0.2, 0.25) is 6.23 Å². The van der Waals surface area contributed by atoms with E-state index in [0.717, 1.165) is 22.6 Å². The number of hydrogen-bond acceptors (Lipinski definition) is 6. The van der Waals surface area contributed by atoms with Crippen LogP contribution in [0.1, 0.15) is 35.4 Å². The Morgan fingerprint density at radius 3 is 2.90 bits per heavy atom. The number of ether oxygens (including phenoxy) is 2. The monoisotopic (exact) mass is 407 g/mol. The fourth-order valence-corrected chi connectivity index (χ4v) is 4.02. The number of aromatic hydroxyl groups is 1. The second kappa shape index (κ2) is 6.97. The van der Waals surface area contributed by atoms with Crippen molar-refractivity contribution in [1.82, 2.24) is 9.99 Å². The molecule has 2 atom stereocenters. The molecule has 3 aromatic rings. The summed E-state index contributed by atoms with van der Waals surface area (Å²) in [4.78, 5) is 4.23. The van der Waals surface area contributed by atoms with Crippen LogP contribution in [-0.4, -0.2) is 27.9 Å². The summed E-state index contributed by atoms with van der Waals surface area (Å²) in [7, 11) is 1.60. The minimum absolute atomic E-state index is 0.0664. The van der Waals surface area contributed by atoms with Crippen LogP contribution in [0.4, 0.5) is 0 Å². The number of rotatable bonds is 3. The van der Waals surface area contributed by atoms with E-state index in [0.29, 0.717) is 22.8 Å². The Kier molecular flexibility index (Phi) is 4.28.